The predicted molar refractivity (Wildman–Crippen MR) is 146 cm³/mol. The second-order valence-electron chi connectivity index (χ2n) is 10.1. The smallest absolute Gasteiger partial charge is 0.328 e. The van der Waals surface area contributed by atoms with E-state index >= 15 is 0 Å². The molecule has 1 aliphatic rings. The van der Waals surface area contributed by atoms with Crippen molar-refractivity contribution in [3.05, 3.63) is 134 Å². The van der Waals surface area contributed by atoms with E-state index in [4.69, 9.17) is 9.47 Å². The number of nitrogens with zero attached hydrogens (tertiary/aromatic N) is 1. The van der Waals surface area contributed by atoms with E-state index in [-0.39, 0.29) is 19.1 Å². The Morgan fingerprint density at radius 2 is 1.55 bits per heavy atom. The number of aryl methyl sites for hydroxylation is 1. The molecule has 3 aromatic carbocycles. The Morgan fingerprint density at radius 1 is 0.947 bits per heavy atom. The van der Waals surface area contributed by atoms with Gasteiger partial charge in [-0.2, -0.15) is 0 Å². The van der Waals surface area contributed by atoms with E-state index in [1.54, 1.807) is 24.8 Å². The molecule has 0 aliphatic heterocycles. The number of aromatic nitrogens is 2. The molecule has 0 amide bonds. The standard InChI is InChI=1S/C31H32N2O5/c1-22-19-33(29(36)32-28(22)35)30(17-23(18-30)20-34)21-38-31(24-10-5-3-6-11-24,25-12-7-4-8-13-25)26-14-9-15-27(16-26)37-2/h3-16,19,23,34H,17-18,20-21H2,1-2H3,(H,32,35,36)/t23-,30+. The monoisotopic (exact) mass is 512 g/mol. The molecule has 0 bridgehead atoms. The highest BCUT2D eigenvalue weighted by Gasteiger charge is 2.49. The fraction of sp³-hybridized carbons (Fsp3) is 0.290. The Labute approximate surface area is 221 Å². The molecular formula is C31H32N2O5. The van der Waals surface area contributed by atoms with Gasteiger partial charge in [0.1, 0.15) is 11.4 Å². The highest BCUT2D eigenvalue weighted by atomic mass is 16.5. The quantitative estimate of drug-likeness (QED) is 0.331. The molecule has 1 fully saturated rings. The Balaban J connectivity index is 1.68. The van der Waals surface area contributed by atoms with Gasteiger partial charge in [-0.05, 0) is 54.5 Å². The lowest BCUT2D eigenvalue weighted by Crippen LogP contribution is -2.57. The molecule has 7 nitrogen and oxygen atoms in total. The van der Waals surface area contributed by atoms with Crippen molar-refractivity contribution in [2.45, 2.75) is 30.9 Å². The summed E-state index contributed by atoms with van der Waals surface area (Å²) in [5, 5.41) is 9.85. The highest BCUT2D eigenvalue weighted by molar-refractivity contribution is 5.49. The molecule has 196 valence electrons. The first-order chi connectivity index (χ1) is 18.4. The van der Waals surface area contributed by atoms with E-state index in [9.17, 15) is 14.7 Å². The Hall–Kier alpha value is -3.94. The van der Waals surface area contributed by atoms with Crippen LogP contribution in [0, 0.1) is 12.8 Å². The Morgan fingerprint density at radius 3 is 2.13 bits per heavy atom. The molecule has 1 saturated carbocycles. The van der Waals surface area contributed by atoms with E-state index in [0.29, 0.717) is 24.2 Å². The lowest BCUT2D eigenvalue weighted by Gasteiger charge is -2.50. The molecule has 0 saturated heterocycles. The van der Waals surface area contributed by atoms with Crippen molar-refractivity contribution in [2.24, 2.45) is 5.92 Å². The minimum absolute atomic E-state index is 0.0250. The maximum atomic E-state index is 13.0. The van der Waals surface area contributed by atoms with E-state index in [1.165, 1.54) is 0 Å². The third-order valence-electron chi connectivity index (χ3n) is 7.62. The van der Waals surface area contributed by atoms with E-state index < -0.39 is 22.4 Å². The number of hydrogen-bond donors (Lipinski definition) is 2. The van der Waals surface area contributed by atoms with Gasteiger partial charge < -0.3 is 14.6 Å². The summed E-state index contributed by atoms with van der Waals surface area (Å²) in [4.78, 5) is 27.6. The summed E-state index contributed by atoms with van der Waals surface area (Å²) in [6.07, 6.45) is 2.70. The van der Waals surface area contributed by atoms with E-state index in [2.05, 4.69) is 4.98 Å². The molecular weight excluding hydrogens is 480 g/mol. The number of hydrogen-bond acceptors (Lipinski definition) is 5. The average Bonchev–Trinajstić information content (AvgIpc) is 2.93. The van der Waals surface area contributed by atoms with E-state index in [1.807, 2.05) is 84.9 Å². The molecule has 7 heteroatoms. The van der Waals surface area contributed by atoms with Crippen molar-refractivity contribution in [1.82, 2.24) is 9.55 Å². The van der Waals surface area contributed by atoms with Crippen LogP contribution in [0.15, 0.2) is 101 Å². The lowest BCUT2D eigenvalue weighted by atomic mass is 9.68. The summed E-state index contributed by atoms with van der Waals surface area (Å²) in [5.74, 6) is 0.742. The highest BCUT2D eigenvalue weighted by Crippen LogP contribution is 2.47. The number of ether oxygens (including phenoxy) is 2. The van der Waals surface area contributed by atoms with Crippen molar-refractivity contribution < 1.29 is 14.6 Å². The van der Waals surface area contributed by atoms with Gasteiger partial charge in [-0.1, -0.05) is 72.8 Å². The first kappa shape index (κ1) is 25.7. The van der Waals surface area contributed by atoms with Crippen LogP contribution in [-0.4, -0.2) is 35.0 Å². The third-order valence-corrected chi connectivity index (χ3v) is 7.62. The van der Waals surface area contributed by atoms with Crippen molar-refractivity contribution in [1.29, 1.82) is 0 Å². The molecule has 1 aromatic heterocycles. The van der Waals surface area contributed by atoms with Crippen LogP contribution in [0.2, 0.25) is 0 Å². The van der Waals surface area contributed by atoms with Crippen LogP contribution in [0.25, 0.3) is 0 Å². The largest absolute Gasteiger partial charge is 0.497 e. The van der Waals surface area contributed by atoms with Crippen LogP contribution in [-0.2, 0) is 15.9 Å². The normalized spacial score (nSPS) is 19.1. The van der Waals surface area contributed by atoms with Crippen molar-refractivity contribution in [3.8, 4) is 5.75 Å². The molecule has 0 spiro atoms. The first-order valence-corrected chi connectivity index (χ1v) is 12.8. The van der Waals surface area contributed by atoms with Crippen LogP contribution < -0.4 is 16.0 Å². The molecule has 5 rings (SSSR count). The zero-order chi connectivity index (χ0) is 26.8. The lowest BCUT2D eigenvalue weighted by molar-refractivity contribution is -0.0909. The maximum Gasteiger partial charge on any atom is 0.328 e. The van der Waals surface area contributed by atoms with Crippen LogP contribution in [0.3, 0.4) is 0 Å². The molecule has 1 aliphatic carbocycles. The number of methoxy groups -OCH3 is 1. The average molecular weight is 513 g/mol. The van der Waals surface area contributed by atoms with Gasteiger partial charge in [0.25, 0.3) is 5.56 Å². The minimum Gasteiger partial charge on any atom is -0.497 e. The number of H-pyrrole nitrogens is 1. The second kappa shape index (κ2) is 10.4. The Kier molecular flexibility index (Phi) is 7.06. The van der Waals surface area contributed by atoms with Gasteiger partial charge in [-0.25, -0.2) is 4.79 Å². The second-order valence-corrected chi connectivity index (χ2v) is 10.1. The summed E-state index contributed by atoms with van der Waals surface area (Å²) in [5.41, 5.74) is 0.554. The van der Waals surface area contributed by atoms with Crippen molar-refractivity contribution in [3.63, 3.8) is 0 Å². The summed E-state index contributed by atoms with van der Waals surface area (Å²) in [7, 11) is 1.63. The van der Waals surface area contributed by atoms with Gasteiger partial charge in [0.15, 0.2) is 0 Å². The SMILES string of the molecule is COc1cccc(C(OC[C@]2(n3cc(C)c(=O)[nH]c3=O)C[C@@H](CO)C2)(c2ccccc2)c2ccccc2)c1. The maximum absolute atomic E-state index is 13.0. The van der Waals surface area contributed by atoms with Crippen LogP contribution >= 0.6 is 0 Å². The van der Waals surface area contributed by atoms with Gasteiger partial charge in [0, 0.05) is 18.4 Å². The topological polar surface area (TPSA) is 93.5 Å². The number of aliphatic hydroxyl groups is 1. The molecule has 0 radical (unpaired) electrons. The molecule has 2 N–H and O–H groups in total. The van der Waals surface area contributed by atoms with Crippen LogP contribution in [0.1, 0.15) is 35.1 Å². The third kappa shape index (κ3) is 4.48. The van der Waals surface area contributed by atoms with Gasteiger partial charge in [0.2, 0.25) is 0 Å². The fourth-order valence-electron chi connectivity index (χ4n) is 5.63. The van der Waals surface area contributed by atoms with Gasteiger partial charge in [-0.15, -0.1) is 0 Å². The fourth-order valence-corrected chi connectivity index (χ4v) is 5.63. The molecule has 1 heterocycles. The molecule has 38 heavy (non-hydrogen) atoms. The zero-order valence-electron chi connectivity index (χ0n) is 21.6. The summed E-state index contributed by atoms with van der Waals surface area (Å²) < 4.78 is 14.2. The number of rotatable bonds is 9. The Bertz CT molecular complexity index is 1470. The van der Waals surface area contributed by atoms with Gasteiger partial charge >= 0.3 is 5.69 Å². The minimum atomic E-state index is -1.02. The molecule has 0 atom stereocenters. The van der Waals surface area contributed by atoms with Gasteiger partial charge in [-0.3, -0.25) is 14.3 Å². The first-order valence-electron chi connectivity index (χ1n) is 12.8. The van der Waals surface area contributed by atoms with E-state index in [0.717, 1.165) is 16.7 Å². The van der Waals surface area contributed by atoms with Gasteiger partial charge in [0.05, 0.1) is 19.3 Å². The number of aliphatic hydroxyl groups excluding tert-OH is 1. The summed E-state index contributed by atoms with van der Waals surface area (Å²) in [6, 6.07) is 27.8. The van der Waals surface area contributed by atoms with Crippen LogP contribution in [0.4, 0.5) is 0 Å². The number of nitrogens with one attached hydrogen (secondary N) is 1. The predicted octanol–water partition coefficient (Wildman–Crippen LogP) is 3.96. The van der Waals surface area contributed by atoms with Crippen LogP contribution in [0.5, 0.6) is 5.75 Å². The molecule has 4 aromatic rings. The number of aromatic amines is 1. The summed E-state index contributed by atoms with van der Waals surface area (Å²) >= 11 is 0. The molecule has 0 unspecified atom stereocenters. The summed E-state index contributed by atoms with van der Waals surface area (Å²) in [6.45, 7) is 1.88. The van der Waals surface area contributed by atoms with Crippen molar-refractivity contribution >= 4 is 0 Å². The van der Waals surface area contributed by atoms with Crippen molar-refractivity contribution in [2.75, 3.05) is 20.3 Å². The zero-order valence-corrected chi connectivity index (χ0v) is 21.6. The number of benzene rings is 3.